The molecule has 0 radical (unpaired) electrons. The van der Waals surface area contributed by atoms with Crippen molar-refractivity contribution in [1.29, 1.82) is 0 Å². The van der Waals surface area contributed by atoms with Gasteiger partial charge in [0.15, 0.2) is 18.1 Å². The molecule has 0 atom stereocenters. The fourth-order valence-electron chi connectivity index (χ4n) is 3.33. The second-order valence-electron chi connectivity index (χ2n) is 7.31. The number of rotatable bonds is 9. The number of hydrogen-bond acceptors (Lipinski definition) is 8. The van der Waals surface area contributed by atoms with Gasteiger partial charge in [0.05, 0.1) is 19.7 Å². The van der Waals surface area contributed by atoms with Crippen LogP contribution in [-0.2, 0) is 4.79 Å². The zero-order valence-electron chi connectivity index (χ0n) is 18.9. The summed E-state index contributed by atoms with van der Waals surface area (Å²) in [5, 5.41) is 15.5. The molecule has 0 aliphatic heterocycles. The first kappa shape index (κ1) is 23.3. The molecule has 3 aromatic carbocycles. The van der Waals surface area contributed by atoms with Gasteiger partial charge in [-0.15, -0.1) is 0 Å². The number of carbonyl (C=O) groups excluding carboxylic acids is 1. The van der Waals surface area contributed by atoms with Gasteiger partial charge in [-0.1, -0.05) is 6.07 Å². The normalized spacial score (nSPS) is 10.5. The van der Waals surface area contributed by atoms with Crippen molar-refractivity contribution in [3.63, 3.8) is 0 Å². The van der Waals surface area contributed by atoms with Gasteiger partial charge in [0.25, 0.3) is 5.91 Å². The molecule has 0 fully saturated rings. The van der Waals surface area contributed by atoms with Crippen molar-refractivity contribution < 1.29 is 28.9 Å². The number of nitrogens with zero attached hydrogens (tertiary/aromatic N) is 2. The van der Waals surface area contributed by atoms with E-state index in [1.165, 1.54) is 12.4 Å². The topological polar surface area (TPSA) is 132 Å². The standard InChI is InChI=1S/C25H22N4O6/c1-33-21-11-19-20(12-22(21)34-2)26-14-27-24(19)28-16-6-8-17(9-7-16)29-25(32)15-4-3-5-18(10-15)35-13-23(30)31/h3-12,14H,13H2,1-2H3,(H,29,32)(H,30,31)(H,26,27,28). The van der Waals surface area contributed by atoms with E-state index in [1.54, 1.807) is 68.8 Å². The highest BCUT2D eigenvalue weighted by molar-refractivity contribution is 6.04. The molecule has 10 heteroatoms. The fourth-order valence-corrected chi connectivity index (χ4v) is 3.33. The van der Waals surface area contributed by atoms with Crippen LogP contribution in [0, 0.1) is 0 Å². The largest absolute Gasteiger partial charge is 0.493 e. The lowest BCUT2D eigenvalue weighted by Crippen LogP contribution is -2.13. The minimum atomic E-state index is -1.10. The predicted molar refractivity (Wildman–Crippen MR) is 130 cm³/mol. The summed E-state index contributed by atoms with van der Waals surface area (Å²) in [6, 6.07) is 17.0. The summed E-state index contributed by atoms with van der Waals surface area (Å²) in [5.74, 6) is 0.575. The number of carboxylic acid groups (broad SMARTS) is 1. The van der Waals surface area contributed by atoms with Gasteiger partial charge >= 0.3 is 5.97 Å². The van der Waals surface area contributed by atoms with Gasteiger partial charge < -0.3 is 30.0 Å². The summed E-state index contributed by atoms with van der Waals surface area (Å²) in [4.78, 5) is 31.9. The summed E-state index contributed by atoms with van der Waals surface area (Å²) in [6.45, 7) is -0.485. The van der Waals surface area contributed by atoms with Crippen molar-refractivity contribution in [3.05, 3.63) is 72.6 Å². The third-order valence-corrected chi connectivity index (χ3v) is 5.00. The second-order valence-corrected chi connectivity index (χ2v) is 7.31. The van der Waals surface area contributed by atoms with Crippen LogP contribution in [0.4, 0.5) is 17.2 Å². The lowest BCUT2D eigenvalue weighted by Gasteiger charge is -2.12. The van der Waals surface area contributed by atoms with Crippen molar-refractivity contribution in [1.82, 2.24) is 9.97 Å². The minimum Gasteiger partial charge on any atom is -0.493 e. The van der Waals surface area contributed by atoms with Gasteiger partial charge in [-0.05, 0) is 48.5 Å². The number of methoxy groups -OCH3 is 2. The molecule has 0 aliphatic rings. The molecule has 0 spiro atoms. The molecule has 10 nitrogen and oxygen atoms in total. The van der Waals surface area contributed by atoms with Gasteiger partial charge in [0, 0.05) is 28.4 Å². The van der Waals surface area contributed by atoms with Crippen LogP contribution in [0.15, 0.2) is 67.0 Å². The molecule has 4 aromatic rings. The highest BCUT2D eigenvalue weighted by Gasteiger charge is 2.12. The molecule has 0 saturated heterocycles. The molecular formula is C25H22N4O6. The molecule has 3 N–H and O–H groups in total. The number of amides is 1. The third kappa shape index (κ3) is 5.56. The third-order valence-electron chi connectivity index (χ3n) is 5.00. The zero-order chi connectivity index (χ0) is 24.8. The van der Waals surface area contributed by atoms with E-state index in [-0.39, 0.29) is 5.91 Å². The highest BCUT2D eigenvalue weighted by Crippen LogP contribution is 2.34. The smallest absolute Gasteiger partial charge is 0.341 e. The van der Waals surface area contributed by atoms with Crippen LogP contribution in [-0.4, -0.2) is 47.8 Å². The van der Waals surface area contributed by atoms with Gasteiger partial charge in [-0.2, -0.15) is 0 Å². The fraction of sp³-hybridized carbons (Fsp3) is 0.120. The van der Waals surface area contributed by atoms with Crippen LogP contribution in [0.3, 0.4) is 0 Å². The zero-order valence-corrected chi connectivity index (χ0v) is 18.9. The Kier molecular flexibility index (Phi) is 6.91. The Hall–Kier alpha value is -4.86. The number of aliphatic carboxylic acids is 1. The lowest BCUT2D eigenvalue weighted by atomic mass is 10.2. The average molecular weight is 474 g/mol. The number of fused-ring (bicyclic) bond motifs is 1. The number of carbonyl (C=O) groups is 2. The quantitative estimate of drug-likeness (QED) is 0.328. The number of nitrogens with one attached hydrogen (secondary N) is 2. The number of benzene rings is 3. The Labute approximate surface area is 200 Å². The molecule has 178 valence electrons. The Morgan fingerprint density at radius 2 is 1.63 bits per heavy atom. The van der Waals surface area contributed by atoms with E-state index in [9.17, 15) is 9.59 Å². The molecule has 0 saturated carbocycles. The lowest BCUT2D eigenvalue weighted by molar-refractivity contribution is -0.139. The Balaban J connectivity index is 1.47. The summed E-state index contributed by atoms with van der Waals surface area (Å²) in [5.41, 5.74) is 2.36. The van der Waals surface area contributed by atoms with E-state index in [4.69, 9.17) is 19.3 Å². The van der Waals surface area contributed by atoms with E-state index < -0.39 is 12.6 Å². The van der Waals surface area contributed by atoms with Crippen molar-refractivity contribution in [2.75, 3.05) is 31.5 Å². The van der Waals surface area contributed by atoms with Gasteiger partial charge in [-0.3, -0.25) is 4.79 Å². The van der Waals surface area contributed by atoms with Crippen LogP contribution >= 0.6 is 0 Å². The van der Waals surface area contributed by atoms with Crippen LogP contribution in [0.25, 0.3) is 10.9 Å². The maximum atomic E-state index is 12.6. The number of anilines is 3. The second kappa shape index (κ2) is 10.4. The molecule has 4 rings (SSSR count). The van der Waals surface area contributed by atoms with E-state index in [2.05, 4.69) is 20.6 Å². The van der Waals surface area contributed by atoms with E-state index in [0.29, 0.717) is 39.8 Å². The van der Waals surface area contributed by atoms with Crippen LogP contribution in [0.1, 0.15) is 10.4 Å². The van der Waals surface area contributed by atoms with Gasteiger partial charge in [0.2, 0.25) is 0 Å². The number of hydrogen-bond donors (Lipinski definition) is 3. The molecule has 1 amide bonds. The van der Waals surface area contributed by atoms with Crippen molar-refractivity contribution in [2.45, 2.75) is 0 Å². The molecule has 1 heterocycles. The van der Waals surface area contributed by atoms with Crippen molar-refractivity contribution >= 4 is 40.0 Å². The highest BCUT2D eigenvalue weighted by atomic mass is 16.5. The molecule has 0 bridgehead atoms. The van der Waals surface area contributed by atoms with Crippen molar-refractivity contribution in [2.24, 2.45) is 0 Å². The predicted octanol–water partition coefficient (Wildman–Crippen LogP) is 4.11. The monoisotopic (exact) mass is 474 g/mol. The van der Waals surface area contributed by atoms with E-state index in [1.807, 2.05) is 0 Å². The first-order chi connectivity index (χ1) is 17.0. The average Bonchev–Trinajstić information content (AvgIpc) is 2.88. The maximum absolute atomic E-state index is 12.6. The van der Waals surface area contributed by atoms with Crippen LogP contribution in [0.2, 0.25) is 0 Å². The Bertz CT molecular complexity index is 1370. The molecular weight excluding hydrogens is 452 g/mol. The first-order valence-electron chi connectivity index (χ1n) is 10.5. The summed E-state index contributed by atoms with van der Waals surface area (Å²) >= 11 is 0. The summed E-state index contributed by atoms with van der Waals surface area (Å²) in [6.07, 6.45) is 1.46. The molecule has 1 aromatic heterocycles. The first-order valence-corrected chi connectivity index (χ1v) is 10.5. The van der Waals surface area contributed by atoms with E-state index in [0.717, 1.165) is 11.1 Å². The van der Waals surface area contributed by atoms with Gasteiger partial charge in [-0.25, -0.2) is 14.8 Å². The molecule has 0 aliphatic carbocycles. The molecule has 0 unspecified atom stereocenters. The summed E-state index contributed by atoms with van der Waals surface area (Å²) < 4.78 is 15.8. The Morgan fingerprint density at radius 3 is 2.34 bits per heavy atom. The SMILES string of the molecule is COc1cc2ncnc(Nc3ccc(NC(=O)c4cccc(OCC(=O)O)c4)cc3)c2cc1OC. The number of ether oxygens (including phenoxy) is 3. The maximum Gasteiger partial charge on any atom is 0.341 e. The minimum absolute atomic E-state index is 0.297. The number of aromatic nitrogens is 2. The summed E-state index contributed by atoms with van der Waals surface area (Å²) in [7, 11) is 3.13. The molecule has 35 heavy (non-hydrogen) atoms. The van der Waals surface area contributed by atoms with Crippen LogP contribution in [0.5, 0.6) is 17.2 Å². The number of carboxylic acids is 1. The van der Waals surface area contributed by atoms with E-state index >= 15 is 0 Å². The van der Waals surface area contributed by atoms with Crippen LogP contribution < -0.4 is 24.8 Å². The Morgan fingerprint density at radius 1 is 0.914 bits per heavy atom. The van der Waals surface area contributed by atoms with Gasteiger partial charge in [0.1, 0.15) is 17.9 Å². The van der Waals surface area contributed by atoms with Crippen molar-refractivity contribution in [3.8, 4) is 17.2 Å².